The Hall–Kier alpha value is -1.43. The van der Waals surface area contributed by atoms with Crippen molar-refractivity contribution in [2.45, 2.75) is 6.54 Å². The van der Waals surface area contributed by atoms with Crippen molar-refractivity contribution in [2.75, 3.05) is 5.32 Å². The van der Waals surface area contributed by atoms with Crippen LogP contribution in [0.25, 0.3) is 11.0 Å². The van der Waals surface area contributed by atoms with E-state index in [-0.39, 0.29) is 5.69 Å². The number of aromatic nitrogens is 2. The van der Waals surface area contributed by atoms with Gasteiger partial charge in [-0.15, -0.1) is 0 Å². The fourth-order valence-corrected chi connectivity index (χ4v) is 3.01. The predicted molar refractivity (Wildman–Crippen MR) is 90.4 cm³/mol. The molecule has 0 aliphatic heterocycles. The maximum absolute atomic E-state index is 11.3. The van der Waals surface area contributed by atoms with Crippen LogP contribution >= 0.6 is 39.1 Å². The Morgan fingerprint density at radius 1 is 1.10 bits per heavy atom. The quantitative estimate of drug-likeness (QED) is 0.618. The molecule has 1 aromatic heterocycles. The first kappa shape index (κ1) is 14.5. The van der Waals surface area contributed by atoms with E-state index >= 15 is 0 Å². The van der Waals surface area contributed by atoms with Crippen molar-refractivity contribution in [1.29, 1.82) is 0 Å². The Balaban J connectivity index is 1.87. The van der Waals surface area contributed by atoms with Crippen molar-refractivity contribution in [3.8, 4) is 0 Å². The van der Waals surface area contributed by atoms with Gasteiger partial charge in [0.15, 0.2) is 0 Å². The van der Waals surface area contributed by atoms with Crippen molar-refractivity contribution < 1.29 is 0 Å². The van der Waals surface area contributed by atoms with Crippen LogP contribution in [-0.4, -0.2) is 9.97 Å². The first-order chi connectivity index (χ1) is 10.0. The Morgan fingerprint density at radius 2 is 1.81 bits per heavy atom. The SMILES string of the molecule is O=c1[nH]c2cc(Br)c(NCc3ccc(Cl)cc3Cl)cc2[nH]1. The fourth-order valence-electron chi connectivity index (χ4n) is 2.05. The lowest BCUT2D eigenvalue weighted by atomic mass is 10.2. The zero-order valence-electron chi connectivity index (χ0n) is 10.6. The smallest absolute Gasteiger partial charge is 0.323 e. The number of imidazole rings is 1. The van der Waals surface area contributed by atoms with Crippen LogP contribution in [0.1, 0.15) is 5.56 Å². The molecule has 0 radical (unpaired) electrons. The van der Waals surface area contributed by atoms with Crippen LogP contribution < -0.4 is 11.0 Å². The summed E-state index contributed by atoms with van der Waals surface area (Å²) in [7, 11) is 0. The number of fused-ring (bicyclic) bond motifs is 1. The summed E-state index contributed by atoms with van der Waals surface area (Å²) in [6.07, 6.45) is 0. The molecule has 0 saturated heterocycles. The van der Waals surface area contributed by atoms with Crippen LogP contribution in [0.15, 0.2) is 39.6 Å². The summed E-state index contributed by atoms with van der Waals surface area (Å²) in [4.78, 5) is 16.7. The molecule has 0 unspecified atom stereocenters. The number of halogens is 3. The summed E-state index contributed by atoms with van der Waals surface area (Å²) >= 11 is 15.5. The second-order valence-corrected chi connectivity index (χ2v) is 6.24. The minimum atomic E-state index is -0.227. The van der Waals surface area contributed by atoms with Crippen molar-refractivity contribution in [2.24, 2.45) is 0 Å². The summed E-state index contributed by atoms with van der Waals surface area (Å²) < 4.78 is 0.857. The molecule has 3 N–H and O–H groups in total. The molecule has 3 rings (SSSR count). The standard InChI is InChI=1S/C14H10BrCl2N3O/c15-9-4-12-13(20-14(21)19-12)5-11(9)18-6-7-1-2-8(16)3-10(7)17/h1-5,18H,6H2,(H2,19,20,21). The highest BCUT2D eigenvalue weighted by molar-refractivity contribution is 9.10. The van der Waals surface area contributed by atoms with Gasteiger partial charge >= 0.3 is 5.69 Å². The minimum absolute atomic E-state index is 0.227. The number of anilines is 1. The molecule has 0 bridgehead atoms. The van der Waals surface area contributed by atoms with Gasteiger partial charge in [0.05, 0.1) is 16.7 Å². The molecular formula is C14H10BrCl2N3O. The van der Waals surface area contributed by atoms with E-state index in [1.54, 1.807) is 12.1 Å². The normalized spacial score (nSPS) is 11.0. The molecule has 0 aliphatic carbocycles. The minimum Gasteiger partial charge on any atom is -0.380 e. The van der Waals surface area contributed by atoms with E-state index in [0.29, 0.717) is 16.6 Å². The van der Waals surface area contributed by atoms with Crippen molar-refractivity contribution in [3.05, 3.63) is 60.9 Å². The third-order valence-corrected chi connectivity index (χ3v) is 4.33. The molecule has 0 spiro atoms. The highest BCUT2D eigenvalue weighted by Crippen LogP contribution is 2.28. The van der Waals surface area contributed by atoms with Crippen molar-refractivity contribution in [1.82, 2.24) is 9.97 Å². The maximum Gasteiger partial charge on any atom is 0.323 e. The number of H-pyrrole nitrogens is 2. The lowest BCUT2D eigenvalue weighted by molar-refractivity contribution is 1.15. The average molecular weight is 387 g/mol. The lowest BCUT2D eigenvalue weighted by Crippen LogP contribution is -2.01. The second-order valence-electron chi connectivity index (χ2n) is 4.55. The van der Waals surface area contributed by atoms with E-state index in [1.807, 2.05) is 18.2 Å². The summed E-state index contributed by atoms with van der Waals surface area (Å²) in [5, 5.41) is 4.50. The summed E-state index contributed by atoms with van der Waals surface area (Å²) in [6, 6.07) is 9.09. The molecule has 4 nitrogen and oxygen atoms in total. The second kappa shape index (κ2) is 5.75. The van der Waals surface area contributed by atoms with E-state index in [1.165, 1.54) is 0 Å². The Labute approximate surface area is 138 Å². The largest absolute Gasteiger partial charge is 0.380 e. The fraction of sp³-hybridized carbons (Fsp3) is 0.0714. The highest BCUT2D eigenvalue weighted by atomic mass is 79.9. The van der Waals surface area contributed by atoms with E-state index in [4.69, 9.17) is 23.2 Å². The number of hydrogen-bond acceptors (Lipinski definition) is 2. The van der Waals surface area contributed by atoms with Gasteiger partial charge in [0.1, 0.15) is 0 Å². The topological polar surface area (TPSA) is 60.7 Å². The van der Waals surface area contributed by atoms with Gasteiger partial charge in [-0.3, -0.25) is 0 Å². The Bertz CT molecular complexity index is 872. The molecule has 0 atom stereocenters. The first-order valence-corrected chi connectivity index (χ1v) is 7.67. The van der Waals surface area contributed by atoms with E-state index in [2.05, 4.69) is 31.2 Å². The molecule has 3 aromatic rings. The van der Waals surface area contributed by atoms with Gasteiger partial charge in [-0.05, 0) is 45.8 Å². The zero-order valence-corrected chi connectivity index (χ0v) is 13.7. The molecule has 21 heavy (non-hydrogen) atoms. The first-order valence-electron chi connectivity index (χ1n) is 6.12. The number of hydrogen-bond donors (Lipinski definition) is 3. The van der Waals surface area contributed by atoms with Crippen LogP contribution in [0.2, 0.25) is 10.0 Å². The molecule has 0 amide bonds. The third-order valence-electron chi connectivity index (χ3n) is 3.09. The van der Waals surface area contributed by atoms with Crippen LogP contribution in [0.3, 0.4) is 0 Å². The monoisotopic (exact) mass is 385 g/mol. The molecule has 0 fully saturated rings. The number of nitrogens with one attached hydrogen (secondary N) is 3. The summed E-state index contributed by atoms with van der Waals surface area (Å²) in [5.41, 5.74) is 3.07. The summed E-state index contributed by atoms with van der Waals surface area (Å²) in [6.45, 7) is 0.550. The molecule has 2 aromatic carbocycles. The molecule has 1 heterocycles. The van der Waals surface area contributed by atoms with Crippen molar-refractivity contribution >= 4 is 55.9 Å². The van der Waals surface area contributed by atoms with Crippen LogP contribution in [-0.2, 0) is 6.54 Å². The van der Waals surface area contributed by atoms with Gasteiger partial charge in [-0.1, -0.05) is 29.3 Å². The third kappa shape index (κ3) is 3.10. The molecule has 108 valence electrons. The van der Waals surface area contributed by atoms with Gasteiger partial charge in [-0.25, -0.2) is 4.79 Å². The van der Waals surface area contributed by atoms with Gasteiger partial charge in [0, 0.05) is 21.1 Å². The number of benzene rings is 2. The molecular weight excluding hydrogens is 377 g/mol. The maximum atomic E-state index is 11.3. The van der Waals surface area contributed by atoms with Gasteiger partial charge in [0.2, 0.25) is 0 Å². The average Bonchev–Trinajstić information content (AvgIpc) is 2.76. The van der Waals surface area contributed by atoms with Crippen LogP contribution in [0.4, 0.5) is 5.69 Å². The lowest BCUT2D eigenvalue weighted by Gasteiger charge is -2.10. The van der Waals surface area contributed by atoms with Gasteiger partial charge < -0.3 is 15.3 Å². The molecule has 0 aliphatic rings. The Morgan fingerprint density at radius 3 is 2.52 bits per heavy atom. The molecule has 7 heteroatoms. The number of rotatable bonds is 3. The van der Waals surface area contributed by atoms with E-state index in [0.717, 1.165) is 26.8 Å². The van der Waals surface area contributed by atoms with Gasteiger partial charge in [-0.2, -0.15) is 0 Å². The van der Waals surface area contributed by atoms with Crippen LogP contribution in [0, 0.1) is 0 Å². The summed E-state index contributed by atoms with van der Waals surface area (Å²) in [5.74, 6) is 0. The van der Waals surface area contributed by atoms with Crippen LogP contribution in [0.5, 0.6) is 0 Å². The highest BCUT2D eigenvalue weighted by Gasteiger charge is 2.07. The number of aromatic amines is 2. The van der Waals surface area contributed by atoms with Gasteiger partial charge in [0.25, 0.3) is 0 Å². The van der Waals surface area contributed by atoms with E-state index in [9.17, 15) is 4.79 Å². The zero-order chi connectivity index (χ0) is 15.0. The van der Waals surface area contributed by atoms with E-state index < -0.39 is 0 Å². The van der Waals surface area contributed by atoms with Crippen molar-refractivity contribution in [3.63, 3.8) is 0 Å². The predicted octanol–water partition coefficient (Wildman–Crippen LogP) is 4.54. The molecule has 0 saturated carbocycles. The Kier molecular flexibility index (Phi) is 3.97.